The van der Waals surface area contributed by atoms with Gasteiger partial charge in [0, 0.05) is 5.56 Å². The summed E-state index contributed by atoms with van der Waals surface area (Å²) in [6.45, 7) is 1.76. The summed E-state index contributed by atoms with van der Waals surface area (Å²) in [5.41, 5.74) is 0.356. The Labute approximate surface area is 98.9 Å². The average molecular weight is 244 g/mol. The zero-order valence-corrected chi connectivity index (χ0v) is 9.66. The van der Waals surface area contributed by atoms with Gasteiger partial charge in [0.15, 0.2) is 0 Å². The molecule has 16 heavy (non-hydrogen) atoms. The van der Waals surface area contributed by atoms with Crippen molar-refractivity contribution in [3.63, 3.8) is 0 Å². The van der Waals surface area contributed by atoms with E-state index in [0.29, 0.717) is 12.0 Å². The van der Waals surface area contributed by atoms with Gasteiger partial charge in [0.1, 0.15) is 5.75 Å². The Morgan fingerprint density at radius 1 is 1.56 bits per heavy atom. The van der Waals surface area contributed by atoms with Crippen LogP contribution >= 0.6 is 11.6 Å². The molecule has 0 spiro atoms. The highest BCUT2D eigenvalue weighted by Crippen LogP contribution is 2.23. The van der Waals surface area contributed by atoms with Crippen LogP contribution in [-0.4, -0.2) is 28.8 Å². The van der Waals surface area contributed by atoms with Gasteiger partial charge in [0.2, 0.25) is 0 Å². The quantitative estimate of drug-likeness (QED) is 0.752. The molecule has 0 bridgehead atoms. The average Bonchev–Trinajstić information content (AvgIpc) is 2.29. The van der Waals surface area contributed by atoms with Crippen molar-refractivity contribution in [2.75, 3.05) is 6.61 Å². The maximum atomic E-state index is 11.7. The molecule has 1 rings (SSSR count). The van der Waals surface area contributed by atoms with Crippen LogP contribution in [0.1, 0.15) is 23.7 Å². The number of carbonyl (C=O) groups excluding carboxylic acids is 1. The van der Waals surface area contributed by atoms with Gasteiger partial charge in [0.05, 0.1) is 17.7 Å². The van der Waals surface area contributed by atoms with Gasteiger partial charge in [-0.2, -0.15) is 0 Å². The molecule has 0 aliphatic rings. The van der Waals surface area contributed by atoms with Crippen LogP contribution in [0.2, 0.25) is 5.02 Å². The largest absolute Gasteiger partial charge is 0.506 e. The third kappa shape index (κ3) is 3.12. The highest BCUT2D eigenvalue weighted by atomic mass is 35.5. The van der Waals surface area contributed by atoms with Crippen LogP contribution in [0.4, 0.5) is 0 Å². The lowest BCUT2D eigenvalue weighted by Gasteiger charge is -2.14. The fourth-order valence-corrected chi connectivity index (χ4v) is 1.37. The summed E-state index contributed by atoms with van der Waals surface area (Å²) in [4.78, 5) is 11.7. The minimum absolute atomic E-state index is 0.0626. The van der Waals surface area contributed by atoms with E-state index in [4.69, 9.17) is 16.7 Å². The summed E-state index contributed by atoms with van der Waals surface area (Å²) in [5.74, 6) is -0.379. The number of benzene rings is 1. The number of rotatable bonds is 4. The van der Waals surface area contributed by atoms with Crippen LogP contribution in [0.3, 0.4) is 0 Å². The zero-order chi connectivity index (χ0) is 12.1. The minimum atomic E-state index is -0.317. The van der Waals surface area contributed by atoms with Crippen molar-refractivity contribution in [1.82, 2.24) is 5.32 Å². The summed E-state index contributed by atoms with van der Waals surface area (Å²) >= 11 is 5.68. The molecule has 4 nitrogen and oxygen atoms in total. The molecule has 3 N–H and O–H groups in total. The molecule has 0 saturated heterocycles. The molecule has 1 aromatic rings. The first-order valence-corrected chi connectivity index (χ1v) is 5.36. The number of halogens is 1. The molecule has 88 valence electrons. The highest BCUT2D eigenvalue weighted by molar-refractivity contribution is 6.32. The van der Waals surface area contributed by atoms with Crippen LogP contribution in [-0.2, 0) is 0 Å². The molecule has 0 fully saturated rings. The van der Waals surface area contributed by atoms with Gasteiger partial charge < -0.3 is 15.5 Å². The van der Waals surface area contributed by atoms with Crippen molar-refractivity contribution >= 4 is 17.5 Å². The van der Waals surface area contributed by atoms with Crippen LogP contribution in [0, 0.1) is 0 Å². The maximum Gasteiger partial charge on any atom is 0.251 e. The van der Waals surface area contributed by atoms with Crippen molar-refractivity contribution in [1.29, 1.82) is 0 Å². The second kappa shape index (κ2) is 5.72. The van der Waals surface area contributed by atoms with E-state index in [1.54, 1.807) is 0 Å². The summed E-state index contributed by atoms with van der Waals surface area (Å²) in [6.07, 6.45) is 0.647. The topological polar surface area (TPSA) is 69.6 Å². The number of hydrogen-bond acceptors (Lipinski definition) is 3. The van der Waals surface area contributed by atoms with E-state index in [1.165, 1.54) is 18.2 Å². The molecule has 1 aromatic carbocycles. The normalized spacial score (nSPS) is 12.2. The van der Waals surface area contributed by atoms with Crippen LogP contribution in [0.5, 0.6) is 5.75 Å². The summed E-state index contributed by atoms with van der Waals surface area (Å²) in [7, 11) is 0. The fraction of sp³-hybridized carbons (Fsp3) is 0.364. The molecule has 0 unspecified atom stereocenters. The number of amides is 1. The second-order valence-corrected chi connectivity index (χ2v) is 3.83. The first-order valence-electron chi connectivity index (χ1n) is 4.98. The smallest absolute Gasteiger partial charge is 0.251 e. The van der Waals surface area contributed by atoms with Gasteiger partial charge in [-0.15, -0.1) is 0 Å². The number of carbonyl (C=O) groups is 1. The summed E-state index contributed by atoms with van der Waals surface area (Å²) in [5, 5.41) is 20.9. The molecule has 0 heterocycles. The standard InChI is InChI=1S/C11H14ClNO3/c1-2-8(6-14)13-11(16)7-3-4-10(15)9(12)5-7/h3-5,8,14-15H,2,6H2,1H3,(H,13,16)/t8-/m0/s1. The molecule has 0 aliphatic carbocycles. The predicted octanol–water partition coefficient (Wildman–Crippen LogP) is 1.55. The Balaban J connectivity index is 2.76. The number of aliphatic hydroxyl groups is 1. The number of phenols is 1. The number of nitrogens with one attached hydrogen (secondary N) is 1. The van der Waals surface area contributed by atoms with Gasteiger partial charge in [-0.3, -0.25) is 4.79 Å². The fourth-order valence-electron chi connectivity index (χ4n) is 1.19. The Hall–Kier alpha value is -1.26. The molecular formula is C11H14ClNO3. The Morgan fingerprint density at radius 3 is 2.75 bits per heavy atom. The van der Waals surface area contributed by atoms with Crippen LogP contribution in [0.25, 0.3) is 0 Å². The number of aliphatic hydroxyl groups excluding tert-OH is 1. The van der Waals surface area contributed by atoms with Crippen molar-refractivity contribution in [3.05, 3.63) is 28.8 Å². The van der Waals surface area contributed by atoms with Gasteiger partial charge >= 0.3 is 0 Å². The van der Waals surface area contributed by atoms with Crippen molar-refractivity contribution in [3.8, 4) is 5.75 Å². The van der Waals surface area contributed by atoms with E-state index >= 15 is 0 Å². The lowest BCUT2D eigenvalue weighted by atomic mass is 10.1. The lowest BCUT2D eigenvalue weighted by molar-refractivity contribution is 0.0915. The summed E-state index contributed by atoms with van der Waals surface area (Å²) < 4.78 is 0. The first kappa shape index (κ1) is 12.8. The van der Waals surface area contributed by atoms with E-state index in [-0.39, 0.29) is 29.3 Å². The van der Waals surface area contributed by atoms with Crippen molar-refractivity contribution in [2.24, 2.45) is 0 Å². The third-order valence-corrected chi connectivity index (χ3v) is 2.56. The molecule has 0 aromatic heterocycles. The Bertz CT molecular complexity index is 377. The second-order valence-electron chi connectivity index (χ2n) is 3.43. The van der Waals surface area contributed by atoms with Crippen LogP contribution in [0.15, 0.2) is 18.2 Å². The SMILES string of the molecule is CC[C@@H](CO)NC(=O)c1ccc(O)c(Cl)c1. The van der Waals surface area contributed by atoms with Gasteiger partial charge in [-0.1, -0.05) is 18.5 Å². The molecule has 0 radical (unpaired) electrons. The molecule has 1 amide bonds. The first-order chi connectivity index (χ1) is 7.58. The Kier molecular flexibility index (Phi) is 4.58. The third-order valence-electron chi connectivity index (χ3n) is 2.26. The van der Waals surface area contributed by atoms with E-state index in [1.807, 2.05) is 6.92 Å². The van der Waals surface area contributed by atoms with Gasteiger partial charge in [0.25, 0.3) is 5.91 Å². The molecular weight excluding hydrogens is 230 g/mol. The van der Waals surface area contributed by atoms with Crippen molar-refractivity contribution < 1.29 is 15.0 Å². The van der Waals surface area contributed by atoms with Gasteiger partial charge in [-0.05, 0) is 24.6 Å². The molecule has 1 atom stereocenters. The minimum Gasteiger partial charge on any atom is -0.506 e. The van der Waals surface area contributed by atoms with E-state index in [2.05, 4.69) is 5.32 Å². The molecule has 0 aliphatic heterocycles. The lowest BCUT2D eigenvalue weighted by Crippen LogP contribution is -2.36. The number of aromatic hydroxyl groups is 1. The van der Waals surface area contributed by atoms with E-state index in [9.17, 15) is 9.90 Å². The number of hydrogen-bond donors (Lipinski definition) is 3. The van der Waals surface area contributed by atoms with Crippen LogP contribution < -0.4 is 5.32 Å². The Morgan fingerprint density at radius 2 is 2.25 bits per heavy atom. The molecule has 5 heteroatoms. The summed E-state index contributed by atoms with van der Waals surface area (Å²) in [6, 6.07) is 3.95. The maximum absolute atomic E-state index is 11.7. The van der Waals surface area contributed by atoms with Gasteiger partial charge in [-0.25, -0.2) is 0 Å². The monoisotopic (exact) mass is 243 g/mol. The predicted molar refractivity (Wildman–Crippen MR) is 61.7 cm³/mol. The zero-order valence-electron chi connectivity index (χ0n) is 8.90. The number of phenolic OH excluding ortho intramolecular Hbond substituents is 1. The van der Waals surface area contributed by atoms with E-state index < -0.39 is 0 Å². The van der Waals surface area contributed by atoms with Crippen molar-refractivity contribution in [2.45, 2.75) is 19.4 Å². The van der Waals surface area contributed by atoms with E-state index in [0.717, 1.165) is 0 Å². The highest BCUT2D eigenvalue weighted by Gasteiger charge is 2.12. The molecule has 0 saturated carbocycles.